The molecule has 3 heteroatoms. The third-order valence-electron chi connectivity index (χ3n) is 2.81. The minimum atomic E-state index is -0.279. The van der Waals surface area contributed by atoms with Gasteiger partial charge in [0.1, 0.15) is 0 Å². The Kier molecular flexibility index (Phi) is 1.44. The van der Waals surface area contributed by atoms with Crippen LogP contribution in [-0.4, -0.2) is 11.0 Å². The monoisotopic (exact) mass is 153 g/mol. The molecule has 60 valence electrons. The third kappa shape index (κ3) is 1.04. The Bertz CT molecular complexity index is 212. The average Bonchev–Trinajstić information content (AvgIpc) is 2.06. The molecule has 3 rings (SSSR count). The minimum absolute atomic E-state index is 0.111. The second-order valence-corrected chi connectivity index (χ2v) is 3.47. The molecule has 11 heavy (non-hydrogen) atoms. The fraction of sp³-hybridized carbons (Fsp3) is 0.750. The van der Waals surface area contributed by atoms with Crippen LogP contribution in [0.2, 0.25) is 0 Å². The van der Waals surface area contributed by atoms with Crippen molar-refractivity contribution in [2.75, 3.05) is 0 Å². The van der Waals surface area contributed by atoms with Crippen molar-refractivity contribution in [1.82, 2.24) is 0 Å². The number of hydrogen-bond acceptors (Lipinski definition) is 2. The molecule has 3 nitrogen and oxygen atoms in total. The summed E-state index contributed by atoms with van der Waals surface area (Å²) < 4.78 is 0. The summed E-state index contributed by atoms with van der Waals surface area (Å²) in [7, 11) is 0. The number of nitro groups is 1. The molecule has 2 bridgehead atoms. The summed E-state index contributed by atoms with van der Waals surface area (Å²) in [6, 6.07) is -0.279. The first kappa shape index (κ1) is 6.83. The lowest BCUT2D eigenvalue weighted by Crippen LogP contribution is -2.37. The first-order valence-electron chi connectivity index (χ1n) is 4.09. The second-order valence-electron chi connectivity index (χ2n) is 3.47. The molecule has 0 aliphatic heterocycles. The van der Waals surface area contributed by atoms with E-state index in [9.17, 15) is 10.1 Å². The van der Waals surface area contributed by atoms with E-state index in [2.05, 4.69) is 6.08 Å². The fourth-order valence-electron chi connectivity index (χ4n) is 2.14. The lowest BCUT2D eigenvalue weighted by Gasteiger charge is -2.32. The van der Waals surface area contributed by atoms with E-state index in [0.717, 1.165) is 19.3 Å². The van der Waals surface area contributed by atoms with Gasteiger partial charge in [-0.15, -0.1) is 0 Å². The van der Waals surface area contributed by atoms with E-state index in [1.54, 1.807) is 0 Å². The number of nitrogens with zero attached hydrogens (tertiary/aromatic N) is 1. The van der Waals surface area contributed by atoms with E-state index in [4.69, 9.17) is 0 Å². The molecule has 0 radical (unpaired) electrons. The van der Waals surface area contributed by atoms with Crippen LogP contribution in [0.4, 0.5) is 0 Å². The van der Waals surface area contributed by atoms with Gasteiger partial charge in [0.2, 0.25) is 6.04 Å². The average molecular weight is 153 g/mol. The summed E-state index contributed by atoms with van der Waals surface area (Å²) in [5.74, 6) is 0.727. The zero-order valence-corrected chi connectivity index (χ0v) is 6.27. The van der Waals surface area contributed by atoms with Crippen LogP contribution in [0.5, 0.6) is 0 Å². The van der Waals surface area contributed by atoms with E-state index in [1.165, 1.54) is 0 Å². The lowest BCUT2D eigenvalue weighted by molar-refractivity contribution is -0.535. The number of rotatable bonds is 1. The Hall–Kier alpha value is -0.860. The largest absolute Gasteiger partial charge is 0.264 e. The quantitative estimate of drug-likeness (QED) is 0.326. The van der Waals surface area contributed by atoms with Gasteiger partial charge in [-0.3, -0.25) is 10.1 Å². The molecule has 3 aliphatic carbocycles. The summed E-state index contributed by atoms with van der Waals surface area (Å²) in [5.41, 5.74) is 0. The van der Waals surface area contributed by atoms with Gasteiger partial charge < -0.3 is 0 Å². The predicted molar refractivity (Wildman–Crippen MR) is 40.8 cm³/mol. The normalized spacial score (nSPS) is 40.9. The maximum absolute atomic E-state index is 10.5. The standard InChI is InChI=1S/C8H11NO2/c10-9(11)8-5-6-1-3-7(8)4-2-6/h1,3,6-8H,2,4-5H2/t6-,7-,8+/m1/s1. The van der Waals surface area contributed by atoms with Crippen molar-refractivity contribution >= 4 is 0 Å². The highest BCUT2D eigenvalue weighted by atomic mass is 16.6. The van der Waals surface area contributed by atoms with Gasteiger partial charge in [0.05, 0.1) is 0 Å². The van der Waals surface area contributed by atoms with Crippen LogP contribution in [0.15, 0.2) is 12.2 Å². The van der Waals surface area contributed by atoms with Crippen LogP contribution < -0.4 is 0 Å². The maximum atomic E-state index is 10.5. The zero-order chi connectivity index (χ0) is 7.84. The number of allylic oxidation sites excluding steroid dienone is 1. The SMILES string of the molecule is O=[N+]([O-])[C@H]1C[C@@H]2C=C[C@@H]1CC2. The van der Waals surface area contributed by atoms with Crippen molar-refractivity contribution < 1.29 is 4.92 Å². The van der Waals surface area contributed by atoms with Gasteiger partial charge in [0, 0.05) is 17.3 Å². The molecule has 3 aliphatic rings. The summed E-state index contributed by atoms with van der Waals surface area (Å²) in [4.78, 5) is 10.4. The fourth-order valence-corrected chi connectivity index (χ4v) is 2.14. The molecular formula is C8H11NO2. The maximum Gasteiger partial charge on any atom is 0.219 e. The third-order valence-corrected chi connectivity index (χ3v) is 2.81. The van der Waals surface area contributed by atoms with Crippen molar-refractivity contribution in [2.45, 2.75) is 25.3 Å². The molecule has 1 fully saturated rings. The Morgan fingerprint density at radius 3 is 2.45 bits per heavy atom. The van der Waals surface area contributed by atoms with Crippen LogP contribution >= 0.6 is 0 Å². The first-order valence-corrected chi connectivity index (χ1v) is 4.09. The summed E-state index contributed by atoms with van der Waals surface area (Å²) >= 11 is 0. The van der Waals surface area contributed by atoms with Crippen LogP contribution in [0.1, 0.15) is 19.3 Å². The molecule has 0 N–H and O–H groups in total. The molecule has 0 saturated heterocycles. The van der Waals surface area contributed by atoms with E-state index in [1.807, 2.05) is 6.08 Å². The molecule has 0 aromatic carbocycles. The Morgan fingerprint density at radius 2 is 2.18 bits per heavy atom. The Morgan fingerprint density at radius 1 is 1.36 bits per heavy atom. The van der Waals surface area contributed by atoms with E-state index < -0.39 is 0 Å². The molecule has 0 unspecified atom stereocenters. The van der Waals surface area contributed by atoms with Crippen LogP contribution in [0, 0.1) is 22.0 Å². The van der Waals surface area contributed by atoms with Gasteiger partial charge >= 0.3 is 0 Å². The van der Waals surface area contributed by atoms with Crippen molar-refractivity contribution in [3.8, 4) is 0 Å². The molecule has 3 atom stereocenters. The predicted octanol–water partition coefficient (Wildman–Crippen LogP) is 1.62. The summed E-state index contributed by atoms with van der Waals surface area (Å²) in [6.45, 7) is 0. The summed E-state index contributed by atoms with van der Waals surface area (Å²) in [5, 5.41) is 10.5. The zero-order valence-electron chi connectivity index (χ0n) is 6.27. The Labute approximate surface area is 65.2 Å². The van der Waals surface area contributed by atoms with Crippen molar-refractivity contribution in [1.29, 1.82) is 0 Å². The minimum Gasteiger partial charge on any atom is -0.264 e. The van der Waals surface area contributed by atoms with Crippen molar-refractivity contribution in [2.24, 2.45) is 11.8 Å². The van der Waals surface area contributed by atoms with Gasteiger partial charge in [-0.05, 0) is 18.8 Å². The molecular weight excluding hydrogens is 142 g/mol. The van der Waals surface area contributed by atoms with Crippen molar-refractivity contribution in [3.63, 3.8) is 0 Å². The molecule has 0 heterocycles. The molecule has 1 saturated carbocycles. The van der Waals surface area contributed by atoms with Gasteiger partial charge in [-0.2, -0.15) is 0 Å². The number of hydrogen-bond donors (Lipinski definition) is 0. The highest BCUT2D eigenvalue weighted by molar-refractivity contribution is 5.06. The second kappa shape index (κ2) is 2.32. The van der Waals surface area contributed by atoms with Crippen LogP contribution in [0.25, 0.3) is 0 Å². The van der Waals surface area contributed by atoms with E-state index in [0.29, 0.717) is 5.92 Å². The lowest BCUT2D eigenvalue weighted by atomic mass is 9.73. The topological polar surface area (TPSA) is 43.1 Å². The van der Waals surface area contributed by atoms with Gasteiger partial charge in [-0.25, -0.2) is 0 Å². The highest BCUT2D eigenvalue weighted by Gasteiger charge is 2.39. The van der Waals surface area contributed by atoms with Gasteiger partial charge in [-0.1, -0.05) is 12.2 Å². The van der Waals surface area contributed by atoms with Crippen LogP contribution in [0.3, 0.4) is 0 Å². The smallest absolute Gasteiger partial charge is 0.219 e. The van der Waals surface area contributed by atoms with Gasteiger partial charge in [0.25, 0.3) is 0 Å². The molecule has 0 aromatic heterocycles. The molecule has 0 amide bonds. The Balaban J connectivity index is 2.17. The van der Waals surface area contributed by atoms with E-state index >= 15 is 0 Å². The van der Waals surface area contributed by atoms with Crippen molar-refractivity contribution in [3.05, 3.63) is 22.3 Å². The number of fused-ring (bicyclic) bond motifs is 2. The first-order chi connectivity index (χ1) is 5.27. The van der Waals surface area contributed by atoms with Crippen LogP contribution in [-0.2, 0) is 0 Å². The molecule has 0 aromatic rings. The van der Waals surface area contributed by atoms with E-state index in [-0.39, 0.29) is 16.9 Å². The van der Waals surface area contributed by atoms with Gasteiger partial charge in [0.15, 0.2) is 0 Å². The highest BCUT2D eigenvalue weighted by Crippen LogP contribution is 2.37. The molecule has 0 spiro atoms. The summed E-state index contributed by atoms with van der Waals surface area (Å²) in [6.07, 6.45) is 7.13.